The lowest BCUT2D eigenvalue weighted by molar-refractivity contribution is 0.112. The molecule has 2 rings (SSSR count). The van der Waals surface area contributed by atoms with Crippen molar-refractivity contribution in [2.75, 3.05) is 18.6 Å². The van der Waals surface area contributed by atoms with Crippen LogP contribution in [0, 0.1) is 0 Å². The van der Waals surface area contributed by atoms with Crippen LogP contribution in [0.15, 0.2) is 0 Å². The molecule has 0 spiro atoms. The SMILES string of the molecule is COc1nc(N2CCCC2C)c(C=O)s1. The number of nitrogens with zero attached hydrogens (tertiary/aromatic N) is 2. The number of carbonyl (C=O) groups excluding carboxylic acids is 1. The van der Waals surface area contributed by atoms with E-state index in [1.807, 2.05) is 0 Å². The van der Waals surface area contributed by atoms with E-state index in [2.05, 4.69) is 16.8 Å². The van der Waals surface area contributed by atoms with Crippen LogP contribution in [0.25, 0.3) is 0 Å². The van der Waals surface area contributed by atoms with Gasteiger partial charge in [-0.1, -0.05) is 11.3 Å². The average Bonchev–Trinajstić information content (AvgIpc) is 2.82. The maximum Gasteiger partial charge on any atom is 0.275 e. The van der Waals surface area contributed by atoms with Gasteiger partial charge in [0.05, 0.1) is 7.11 Å². The average molecular weight is 226 g/mol. The van der Waals surface area contributed by atoms with Crippen LogP contribution in [0.2, 0.25) is 0 Å². The number of methoxy groups -OCH3 is 1. The summed E-state index contributed by atoms with van der Waals surface area (Å²) in [6.45, 7) is 3.14. The Labute approximate surface area is 92.9 Å². The van der Waals surface area contributed by atoms with Gasteiger partial charge in [0, 0.05) is 12.6 Å². The third kappa shape index (κ3) is 1.84. The highest BCUT2D eigenvalue weighted by Gasteiger charge is 2.25. The molecule has 0 N–H and O–H groups in total. The minimum absolute atomic E-state index is 0.468. The van der Waals surface area contributed by atoms with Crippen molar-refractivity contribution < 1.29 is 9.53 Å². The molecule has 0 bridgehead atoms. The molecule has 0 aliphatic carbocycles. The van der Waals surface area contributed by atoms with E-state index in [-0.39, 0.29) is 0 Å². The molecule has 1 aliphatic rings. The summed E-state index contributed by atoms with van der Waals surface area (Å²) in [6.07, 6.45) is 3.19. The molecule has 82 valence electrons. The summed E-state index contributed by atoms with van der Waals surface area (Å²) in [4.78, 5) is 18.1. The second kappa shape index (κ2) is 4.18. The summed E-state index contributed by atoms with van der Waals surface area (Å²) >= 11 is 1.31. The topological polar surface area (TPSA) is 42.4 Å². The highest BCUT2D eigenvalue weighted by atomic mass is 32.1. The largest absolute Gasteiger partial charge is 0.473 e. The predicted molar refractivity (Wildman–Crippen MR) is 60.1 cm³/mol. The van der Waals surface area contributed by atoms with Gasteiger partial charge in [-0.25, -0.2) is 0 Å². The standard InChI is InChI=1S/C10H14N2O2S/c1-7-4-3-5-12(7)9-8(6-13)15-10(11-9)14-2/h6-7H,3-5H2,1-2H3. The Kier molecular flexibility index (Phi) is 2.90. The summed E-state index contributed by atoms with van der Waals surface area (Å²) in [5.74, 6) is 0.789. The second-order valence-electron chi connectivity index (χ2n) is 3.67. The number of rotatable bonds is 3. The Morgan fingerprint density at radius 2 is 2.47 bits per heavy atom. The molecule has 1 saturated heterocycles. The molecule has 1 aliphatic heterocycles. The fraction of sp³-hybridized carbons (Fsp3) is 0.600. The third-order valence-electron chi connectivity index (χ3n) is 2.72. The van der Waals surface area contributed by atoms with Crippen LogP contribution >= 0.6 is 11.3 Å². The first-order chi connectivity index (χ1) is 7.26. The number of hydrogen-bond donors (Lipinski definition) is 0. The number of aromatic nitrogens is 1. The molecule has 0 saturated carbocycles. The van der Waals surface area contributed by atoms with Crippen molar-refractivity contribution in [2.45, 2.75) is 25.8 Å². The Bertz CT molecular complexity index is 364. The molecular weight excluding hydrogens is 212 g/mol. The van der Waals surface area contributed by atoms with E-state index in [1.165, 1.54) is 17.8 Å². The lowest BCUT2D eigenvalue weighted by atomic mass is 10.2. The van der Waals surface area contributed by atoms with Crippen molar-refractivity contribution in [3.63, 3.8) is 0 Å². The monoisotopic (exact) mass is 226 g/mol. The normalized spacial score (nSPS) is 20.7. The second-order valence-corrected chi connectivity index (χ2v) is 4.67. The highest BCUT2D eigenvalue weighted by Crippen LogP contribution is 2.33. The molecule has 1 unspecified atom stereocenters. The van der Waals surface area contributed by atoms with Crippen LogP contribution in [-0.2, 0) is 0 Å². The van der Waals surface area contributed by atoms with Crippen LogP contribution in [0.1, 0.15) is 29.4 Å². The van der Waals surface area contributed by atoms with E-state index in [0.29, 0.717) is 16.1 Å². The van der Waals surface area contributed by atoms with Gasteiger partial charge in [-0.3, -0.25) is 4.79 Å². The van der Waals surface area contributed by atoms with Crippen molar-refractivity contribution in [3.8, 4) is 5.19 Å². The molecule has 1 aromatic rings. The van der Waals surface area contributed by atoms with E-state index in [4.69, 9.17) is 4.74 Å². The summed E-state index contributed by atoms with van der Waals surface area (Å²) in [7, 11) is 1.57. The zero-order chi connectivity index (χ0) is 10.8. The molecule has 1 atom stereocenters. The predicted octanol–water partition coefficient (Wildman–Crippen LogP) is 1.95. The molecule has 0 aromatic carbocycles. The molecular formula is C10H14N2O2S. The van der Waals surface area contributed by atoms with Crippen molar-refractivity contribution in [1.29, 1.82) is 0 Å². The first kappa shape index (κ1) is 10.4. The molecule has 5 heteroatoms. The minimum atomic E-state index is 0.468. The van der Waals surface area contributed by atoms with Crippen LogP contribution in [-0.4, -0.2) is 31.0 Å². The van der Waals surface area contributed by atoms with Crippen LogP contribution in [0.4, 0.5) is 5.82 Å². The fourth-order valence-corrected chi connectivity index (χ4v) is 2.63. The number of aldehydes is 1. The highest BCUT2D eigenvalue weighted by molar-refractivity contribution is 7.15. The zero-order valence-electron chi connectivity index (χ0n) is 8.90. The Hall–Kier alpha value is -1.10. The summed E-state index contributed by atoms with van der Waals surface area (Å²) in [5.41, 5.74) is 0. The van der Waals surface area contributed by atoms with Gasteiger partial charge in [-0.15, -0.1) is 0 Å². The molecule has 0 radical (unpaired) electrons. The minimum Gasteiger partial charge on any atom is -0.473 e. The third-order valence-corrected chi connectivity index (χ3v) is 3.65. The molecule has 1 aromatic heterocycles. The summed E-state index contributed by atoms with van der Waals surface area (Å²) in [5, 5.41) is 0.561. The molecule has 4 nitrogen and oxygen atoms in total. The van der Waals surface area contributed by atoms with E-state index in [1.54, 1.807) is 7.11 Å². The van der Waals surface area contributed by atoms with Gasteiger partial charge in [0.2, 0.25) is 0 Å². The van der Waals surface area contributed by atoms with Crippen LogP contribution in [0.5, 0.6) is 5.19 Å². The molecule has 0 amide bonds. The lowest BCUT2D eigenvalue weighted by Crippen LogP contribution is -2.27. The fourth-order valence-electron chi connectivity index (χ4n) is 1.92. The van der Waals surface area contributed by atoms with Gasteiger partial charge in [0.1, 0.15) is 4.88 Å². The van der Waals surface area contributed by atoms with Crippen molar-refractivity contribution in [3.05, 3.63) is 4.88 Å². The van der Waals surface area contributed by atoms with Gasteiger partial charge in [-0.05, 0) is 19.8 Å². The van der Waals surface area contributed by atoms with Gasteiger partial charge < -0.3 is 9.64 Å². The quantitative estimate of drug-likeness (QED) is 0.739. The summed E-state index contributed by atoms with van der Waals surface area (Å²) in [6, 6.07) is 0.468. The Balaban J connectivity index is 2.33. The number of anilines is 1. The van der Waals surface area contributed by atoms with Crippen molar-refractivity contribution >= 4 is 23.4 Å². The number of carbonyl (C=O) groups is 1. The van der Waals surface area contributed by atoms with Gasteiger partial charge in [0.25, 0.3) is 5.19 Å². The van der Waals surface area contributed by atoms with E-state index >= 15 is 0 Å². The number of ether oxygens (including phenoxy) is 1. The number of thiazole rings is 1. The first-order valence-electron chi connectivity index (χ1n) is 5.03. The molecule has 1 fully saturated rings. The van der Waals surface area contributed by atoms with Gasteiger partial charge in [-0.2, -0.15) is 4.98 Å². The van der Waals surface area contributed by atoms with Gasteiger partial charge >= 0.3 is 0 Å². The first-order valence-corrected chi connectivity index (χ1v) is 5.84. The van der Waals surface area contributed by atoms with Crippen molar-refractivity contribution in [1.82, 2.24) is 4.98 Å². The number of hydrogen-bond acceptors (Lipinski definition) is 5. The lowest BCUT2D eigenvalue weighted by Gasteiger charge is -2.21. The van der Waals surface area contributed by atoms with Crippen LogP contribution < -0.4 is 9.64 Å². The Morgan fingerprint density at radius 1 is 1.67 bits per heavy atom. The molecule has 2 heterocycles. The van der Waals surface area contributed by atoms with E-state index in [9.17, 15) is 4.79 Å². The maximum absolute atomic E-state index is 10.9. The van der Waals surface area contributed by atoms with Crippen molar-refractivity contribution in [2.24, 2.45) is 0 Å². The van der Waals surface area contributed by atoms with Crippen LogP contribution in [0.3, 0.4) is 0 Å². The molecule has 15 heavy (non-hydrogen) atoms. The van der Waals surface area contributed by atoms with E-state index in [0.717, 1.165) is 25.1 Å². The maximum atomic E-state index is 10.9. The van der Waals surface area contributed by atoms with E-state index < -0.39 is 0 Å². The summed E-state index contributed by atoms with van der Waals surface area (Å²) < 4.78 is 5.05. The zero-order valence-corrected chi connectivity index (χ0v) is 9.71. The Morgan fingerprint density at radius 3 is 3.00 bits per heavy atom. The smallest absolute Gasteiger partial charge is 0.275 e. The van der Waals surface area contributed by atoms with Gasteiger partial charge in [0.15, 0.2) is 12.1 Å².